The third kappa shape index (κ3) is 3.56. The van der Waals surface area contributed by atoms with Crippen molar-refractivity contribution in [3.63, 3.8) is 0 Å². The fourth-order valence-corrected chi connectivity index (χ4v) is 1.08. The predicted molar refractivity (Wildman–Crippen MR) is 46.7 cm³/mol. The van der Waals surface area contributed by atoms with Crippen molar-refractivity contribution in [1.29, 1.82) is 0 Å². The standard InChI is InChI=1S/C10H18/c1-5-7-8-10(6-2)9(3)4/h9-10H,6,8H2,1-4H3. The highest BCUT2D eigenvalue weighted by molar-refractivity contribution is 4.96. The second-order valence-electron chi connectivity index (χ2n) is 3.04. The van der Waals surface area contributed by atoms with E-state index >= 15 is 0 Å². The molecular weight excluding hydrogens is 120 g/mol. The van der Waals surface area contributed by atoms with Gasteiger partial charge < -0.3 is 0 Å². The Morgan fingerprint density at radius 3 is 2.20 bits per heavy atom. The molecule has 0 fully saturated rings. The Kier molecular flexibility index (Phi) is 5.12. The van der Waals surface area contributed by atoms with Crippen LogP contribution in [0.2, 0.25) is 0 Å². The quantitative estimate of drug-likeness (QED) is 0.526. The Morgan fingerprint density at radius 2 is 1.90 bits per heavy atom. The van der Waals surface area contributed by atoms with Crippen LogP contribution >= 0.6 is 0 Å². The maximum absolute atomic E-state index is 3.13. The molecule has 10 heavy (non-hydrogen) atoms. The van der Waals surface area contributed by atoms with Crippen LogP contribution in [0.3, 0.4) is 0 Å². The minimum atomic E-state index is 0.783. The molecule has 0 heterocycles. The molecule has 58 valence electrons. The van der Waals surface area contributed by atoms with Gasteiger partial charge in [-0.3, -0.25) is 0 Å². The maximum atomic E-state index is 3.13. The average Bonchev–Trinajstić information content (AvgIpc) is 1.89. The van der Waals surface area contributed by atoms with Crippen molar-refractivity contribution in [2.75, 3.05) is 0 Å². The third-order valence-electron chi connectivity index (χ3n) is 2.01. The van der Waals surface area contributed by atoms with E-state index in [0.717, 1.165) is 18.3 Å². The van der Waals surface area contributed by atoms with E-state index in [4.69, 9.17) is 0 Å². The zero-order valence-electron chi connectivity index (χ0n) is 7.57. The summed E-state index contributed by atoms with van der Waals surface area (Å²) in [7, 11) is 0. The number of hydrogen-bond donors (Lipinski definition) is 0. The van der Waals surface area contributed by atoms with Crippen LogP contribution < -0.4 is 0 Å². The Morgan fingerprint density at radius 1 is 1.30 bits per heavy atom. The van der Waals surface area contributed by atoms with E-state index < -0.39 is 0 Å². The molecule has 0 bridgehead atoms. The van der Waals surface area contributed by atoms with E-state index in [2.05, 4.69) is 32.6 Å². The van der Waals surface area contributed by atoms with E-state index in [1.807, 2.05) is 6.92 Å². The van der Waals surface area contributed by atoms with Gasteiger partial charge in [0.2, 0.25) is 0 Å². The van der Waals surface area contributed by atoms with Crippen molar-refractivity contribution < 1.29 is 0 Å². The van der Waals surface area contributed by atoms with Gasteiger partial charge in [0.15, 0.2) is 0 Å². The van der Waals surface area contributed by atoms with Crippen LogP contribution in [0.25, 0.3) is 0 Å². The molecule has 0 aliphatic heterocycles. The molecular formula is C10H18. The van der Waals surface area contributed by atoms with Gasteiger partial charge in [0.05, 0.1) is 0 Å². The Balaban J connectivity index is 3.67. The second kappa shape index (κ2) is 5.35. The molecule has 0 aliphatic rings. The molecule has 0 amide bonds. The molecule has 0 saturated carbocycles. The van der Waals surface area contributed by atoms with Crippen LogP contribution in [0.5, 0.6) is 0 Å². The fourth-order valence-electron chi connectivity index (χ4n) is 1.08. The van der Waals surface area contributed by atoms with Crippen LogP contribution in [0.1, 0.15) is 40.5 Å². The lowest BCUT2D eigenvalue weighted by atomic mass is 9.90. The van der Waals surface area contributed by atoms with Crippen molar-refractivity contribution in [3.05, 3.63) is 0 Å². The Labute approximate surface area is 65.0 Å². The van der Waals surface area contributed by atoms with Gasteiger partial charge >= 0.3 is 0 Å². The summed E-state index contributed by atoms with van der Waals surface area (Å²) in [6, 6.07) is 0. The predicted octanol–water partition coefficient (Wildman–Crippen LogP) is 3.08. The maximum Gasteiger partial charge on any atom is 0.0119 e. The highest BCUT2D eigenvalue weighted by Gasteiger charge is 2.07. The molecule has 1 unspecified atom stereocenters. The van der Waals surface area contributed by atoms with E-state index in [-0.39, 0.29) is 0 Å². The topological polar surface area (TPSA) is 0 Å². The lowest BCUT2D eigenvalue weighted by Crippen LogP contribution is -2.05. The van der Waals surface area contributed by atoms with Gasteiger partial charge in [-0.2, -0.15) is 0 Å². The summed E-state index contributed by atoms with van der Waals surface area (Å²) in [4.78, 5) is 0. The van der Waals surface area contributed by atoms with Gasteiger partial charge in [-0.15, -0.1) is 11.8 Å². The normalized spacial score (nSPS) is 12.5. The molecule has 1 atom stereocenters. The first-order valence-electron chi connectivity index (χ1n) is 4.12. The van der Waals surface area contributed by atoms with Gasteiger partial charge in [0, 0.05) is 6.42 Å². The molecule has 0 heteroatoms. The van der Waals surface area contributed by atoms with E-state index in [1.54, 1.807) is 0 Å². The zero-order valence-corrected chi connectivity index (χ0v) is 7.57. The summed E-state index contributed by atoms with van der Waals surface area (Å²) < 4.78 is 0. The molecule has 0 rings (SSSR count). The monoisotopic (exact) mass is 138 g/mol. The van der Waals surface area contributed by atoms with Gasteiger partial charge in [0.25, 0.3) is 0 Å². The Hall–Kier alpha value is -0.440. The van der Waals surface area contributed by atoms with Crippen molar-refractivity contribution in [3.8, 4) is 11.8 Å². The van der Waals surface area contributed by atoms with Crippen LogP contribution in [0.15, 0.2) is 0 Å². The SMILES string of the molecule is CC#CCC(CC)C(C)C. The lowest BCUT2D eigenvalue weighted by molar-refractivity contribution is 0.381. The third-order valence-corrected chi connectivity index (χ3v) is 2.01. The molecule has 0 aromatic carbocycles. The molecule has 0 aromatic rings. The molecule has 0 aromatic heterocycles. The molecule has 0 nitrogen and oxygen atoms in total. The molecule has 0 N–H and O–H groups in total. The summed E-state index contributed by atoms with van der Waals surface area (Å²) in [5, 5.41) is 0. The van der Waals surface area contributed by atoms with Crippen LogP contribution in [-0.4, -0.2) is 0 Å². The van der Waals surface area contributed by atoms with Crippen molar-refractivity contribution >= 4 is 0 Å². The molecule has 0 radical (unpaired) electrons. The highest BCUT2D eigenvalue weighted by atomic mass is 14.1. The summed E-state index contributed by atoms with van der Waals surface area (Å²) in [6.07, 6.45) is 2.33. The highest BCUT2D eigenvalue weighted by Crippen LogP contribution is 2.17. The number of hydrogen-bond acceptors (Lipinski definition) is 0. The molecule has 0 aliphatic carbocycles. The first kappa shape index (κ1) is 9.56. The van der Waals surface area contributed by atoms with Crippen molar-refractivity contribution in [2.24, 2.45) is 11.8 Å². The van der Waals surface area contributed by atoms with Crippen molar-refractivity contribution in [1.82, 2.24) is 0 Å². The van der Waals surface area contributed by atoms with E-state index in [0.29, 0.717) is 0 Å². The minimum Gasteiger partial charge on any atom is -0.107 e. The smallest absolute Gasteiger partial charge is 0.0119 e. The first-order valence-corrected chi connectivity index (χ1v) is 4.12. The van der Waals surface area contributed by atoms with Crippen LogP contribution in [0, 0.1) is 23.7 Å². The van der Waals surface area contributed by atoms with Gasteiger partial charge in [-0.05, 0) is 18.8 Å². The van der Waals surface area contributed by atoms with E-state index in [9.17, 15) is 0 Å². The van der Waals surface area contributed by atoms with E-state index in [1.165, 1.54) is 6.42 Å². The summed E-state index contributed by atoms with van der Waals surface area (Å²) >= 11 is 0. The molecule has 0 spiro atoms. The fraction of sp³-hybridized carbons (Fsp3) is 0.800. The van der Waals surface area contributed by atoms with Gasteiger partial charge in [-0.25, -0.2) is 0 Å². The van der Waals surface area contributed by atoms with Gasteiger partial charge in [-0.1, -0.05) is 27.2 Å². The summed E-state index contributed by atoms with van der Waals surface area (Å²) in [5.74, 6) is 7.65. The van der Waals surface area contributed by atoms with Gasteiger partial charge in [0.1, 0.15) is 0 Å². The zero-order chi connectivity index (χ0) is 7.98. The average molecular weight is 138 g/mol. The largest absolute Gasteiger partial charge is 0.107 e. The van der Waals surface area contributed by atoms with Crippen LogP contribution in [-0.2, 0) is 0 Å². The Bertz CT molecular complexity index is 123. The minimum absolute atomic E-state index is 0.783. The lowest BCUT2D eigenvalue weighted by Gasteiger charge is -2.14. The second-order valence-corrected chi connectivity index (χ2v) is 3.04. The summed E-state index contributed by atoms with van der Waals surface area (Å²) in [6.45, 7) is 8.69. The molecule has 0 saturated heterocycles. The van der Waals surface area contributed by atoms with Crippen molar-refractivity contribution in [2.45, 2.75) is 40.5 Å². The first-order chi connectivity index (χ1) is 4.72. The van der Waals surface area contributed by atoms with Crippen LogP contribution in [0.4, 0.5) is 0 Å². The number of rotatable bonds is 3. The summed E-state index contributed by atoms with van der Waals surface area (Å²) in [5.41, 5.74) is 0.